The van der Waals surface area contributed by atoms with Crippen LogP contribution < -0.4 is 11.1 Å². The maximum atomic E-state index is 13.2. The van der Waals surface area contributed by atoms with E-state index < -0.39 is 23.7 Å². The summed E-state index contributed by atoms with van der Waals surface area (Å²) >= 11 is 1.43. The van der Waals surface area contributed by atoms with Crippen LogP contribution in [0.1, 0.15) is 60.8 Å². The van der Waals surface area contributed by atoms with Crippen LogP contribution in [0.25, 0.3) is 0 Å². The highest BCUT2D eigenvalue weighted by molar-refractivity contribution is 7.17. The number of thiophene rings is 1. The molecule has 4 aliphatic rings. The van der Waals surface area contributed by atoms with Crippen molar-refractivity contribution in [3.63, 3.8) is 0 Å². The van der Waals surface area contributed by atoms with Gasteiger partial charge in [0.2, 0.25) is 5.91 Å². The minimum atomic E-state index is -0.928. The summed E-state index contributed by atoms with van der Waals surface area (Å²) in [4.78, 5) is 38.5. The van der Waals surface area contributed by atoms with Crippen LogP contribution in [0.15, 0.2) is 12.2 Å². The number of nitrogens with one attached hydrogen (secondary N) is 1. The van der Waals surface area contributed by atoms with Gasteiger partial charge in [0, 0.05) is 4.88 Å². The molecule has 1 saturated carbocycles. The fraction of sp³-hybridized carbons (Fsp3) is 0.609. The number of carbonyl (C=O) groups excluding carboxylic acids is 2. The number of anilines is 1. The molecule has 0 saturated heterocycles. The lowest BCUT2D eigenvalue weighted by Crippen LogP contribution is -2.47. The fourth-order valence-corrected chi connectivity index (χ4v) is 6.89. The van der Waals surface area contributed by atoms with Gasteiger partial charge >= 0.3 is 5.97 Å². The first-order chi connectivity index (χ1) is 14.1. The number of amides is 2. The van der Waals surface area contributed by atoms with Gasteiger partial charge in [-0.1, -0.05) is 32.9 Å². The van der Waals surface area contributed by atoms with E-state index in [1.165, 1.54) is 11.3 Å². The Morgan fingerprint density at radius 2 is 1.73 bits per heavy atom. The summed E-state index contributed by atoms with van der Waals surface area (Å²) in [5, 5.41) is 13.2. The van der Waals surface area contributed by atoms with E-state index in [0.717, 1.165) is 42.5 Å². The molecule has 162 valence electrons. The van der Waals surface area contributed by atoms with Gasteiger partial charge in [0.25, 0.3) is 5.91 Å². The van der Waals surface area contributed by atoms with Gasteiger partial charge in [-0.05, 0) is 60.8 Å². The third-order valence-corrected chi connectivity index (χ3v) is 8.48. The Balaban J connectivity index is 1.63. The number of fused-ring (bicyclic) bond motifs is 3. The zero-order valence-corrected chi connectivity index (χ0v) is 18.6. The van der Waals surface area contributed by atoms with Crippen molar-refractivity contribution < 1.29 is 19.5 Å². The zero-order chi connectivity index (χ0) is 21.8. The SMILES string of the molecule is CC(C)(C)[C@H]1CCc2c(sc(NC(=O)[C@@H]3[C@@H](C(=O)O)[C@H]4C=C[C@H]3CC4)c2C(N)=O)C1. The summed E-state index contributed by atoms with van der Waals surface area (Å²) in [5.74, 6) is -2.78. The number of nitrogens with two attached hydrogens (primary N) is 1. The lowest BCUT2D eigenvalue weighted by atomic mass is 9.62. The molecule has 1 heterocycles. The van der Waals surface area contributed by atoms with Gasteiger partial charge in [-0.15, -0.1) is 11.3 Å². The molecule has 0 aromatic carbocycles. The van der Waals surface area contributed by atoms with Crippen LogP contribution in [0, 0.1) is 35.0 Å². The molecule has 5 atom stereocenters. The van der Waals surface area contributed by atoms with Crippen molar-refractivity contribution in [2.24, 2.45) is 40.7 Å². The molecule has 4 N–H and O–H groups in total. The zero-order valence-electron chi connectivity index (χ0n) is 17.7. The van der Waals surface area contributed by atoms with Crippen LogP contribution in [0.4, 0.5) is 5.00 Å². The second-order valence-corrected chi connectivity index (χ2v) is 11.2. The average molecular weight is 431 g/mol. The van der Waals surface area contributed by atoms with Gasteiger partial charge in [0.05, 0.1) is 17.4 Å². The third-order valence-electron chi connectivity index (χ3n) is 7.31. The molecule has 30 heavy (non-hydrogen) atoms. The monoisotopic (exact) mass is 430 g/mol. The van der Waals surface area contributed by atoms with E-state index in [0.29, 0.717) is 16.5 Å². The second-order valence-electron chi connectivity index (χ2n) is 10.0. The Hall–Kier alpha value is -2.15. The molecule has 0 radical (unpaired) electrons. The van der Waals surface area contributed by atoms with E-state index in [1.54, 1.807) is 0 Å². The highest BCUT2D eigenvalue weighted by Gasteiger charge is 2.48. The number of carbonyl (C=O) groups is 3. The molecule has 6 nitrogen and oxygen atoms in total. The number of hydrogen-bond donors (Lipinski definition) is 3. The summed E-state index contributed by atoms with van der Waals surface area (Å²) in [6.07, 6.45) is 8.18. The predicted octanol–water partition coefficient (Wildman–Crippen LogP) is 3.85. The molecule has 1 aromatic heterocycles. The summed E-state index contributed by atoms with van der Waals surface area (Å²) in [6, 6.07) is 0. The molecule has 0 spiro atoms. The largest absolute Gasteiger partial charge is 0.481 e. The van der Waals surface area contributed by atoms with Crippen LogP contribution in [0.3, 0.4) is 0 Å². The number of allylic oxidation sites excluding steroid dienone is 2. The maximum Gasteiger partial charge on any atom is 0.307 e. The number of hydrogen-bond acceptors (Lipinski definition) is 4. The van der Waals surface area contributed by atoms with E-state index >= 15 is 0 Å². The molecule has 2 bridgehead atoms. The topological polar surface area (TPSA) is 109 Å². The Bertz CT molecular complexity index is 926. The van der Waals surface area contributed by atoms with E-state index in [2.05, 4.69) is 26.1 Å². The first kappa shape index (κ1) is 21.1. The summed E-state index contributed by atoms with van der Waals surface area (Å²) in [6.45, 7) is 6.68. The van der Waals surface area contributed by atoms with E-state index in [4.69, 9.17) is 5.73 Å². The van der Waals surface area contributed by atoms with Crippen molar-refractivity contribution >= 4 is 34.1 Å². The van der Waals surface area contributed by atoms with Crippen molar-refractivity contribution in [1.29, 1.82) is 0 Å². The number of rotatable bonds is 4. The fourth-order valence-electron chi connectivity index (χ4n) is 5.56. The highest BCUT2D eigenvalue weighted by Crippen LogP contribution is 2.47. The number of carboxylic acid groups (broad SMARTS) is 1. The molecule has 0 aliphatic heterocycles. The average Bonchev–Trinajstić information content (AvgIpc) is 3.04. The molecular weight excluding hydrogens is 400 g/mol. The Morgan fingerprint density at radius 3 is 2.27 bits per heavy atom. The van der Waals surface area contributed by atoms with E-state index in [1.807, 2.05) is 12.2 Å². The normalized spacial score (nSPS) is 30.0. The molecular formula is C23H30N2O4S. The number of aliphatic carboxylic acids is 1. The second kappa shape index (κ2) is 7.52. The quantitative estimate of drug-likeness (QED) is 0.630. The molecule has 1 aromatic rings. The van der Waals surface area contributed by atoms with Crippen molar-refractivity contribution in [2.45, 2.75) is 52.9 Å². The maximum absolute atomic E-state index is 13.2. The van der Waals surface area contributed by atoms with Crippen LogP contribution in [0.5, 0.6) is 0 Å². The van der Waals surface area contributed by atoms with Gasteiger partial charge < -0.3 is 16.2 Å². The number of carboxylic acids is 1. The number of primary amides is 1. The first-order valence-electron chi connectivity index (χ1n) is 10.7. The van der Waals surface area contributed by atoms with Crippen molar-refractivity contribution in [1.82, 2.24) is 0 Å². The Labute approximate surface area is 180 Å². The predicted molar refractivity (Wildman–Crippen MR) is 116 cm³/mol. The summed E-state index contributed by atoms with van der Waals surface area (Å²) in [5.41, 5.74) is 7.25. The minimum absolute atomic E-state index is 0.0759. The van der Waals surface area contributed by atoms with E-state index in [9.17, 15) is 19.5 Å². The van der Waals surface area contributed by atoms with Crippen LogP contribution in [-0.2, 0) is 22.4 Å². The summed E-state index contributed by atoms with van der Waals surface area (Å²) in [7, 11) is 0. The van der Waals surface area contributed by atoms with Gasteiger partial charge in [0.1, 0.15) is 5.00 Å². The molecule has 2 amide bonds. The highest BCUT2D eigenvalue weighted by atomic mass is 32.1. The third kappa shape index (κ3) is 3.57. The molecule has 7 heteroatoms. The van der Waals surface area contributed by atoms with Crippen LogP contribution in [-0.4, -0.2) is 22.9 Å². The first-order valence-corrected chi connectivity index (χ1v) is 11.6. The van der Waals surface area contributed by atoms with E-state index in [-0.39, 0.29) is 23.2 Å². The van der Waals surface area contributed by atoms with Crippen LogP contribution >= 0.6 is 11.3 Å². The Morgan fingerprint density at radius 1 is 1.10 bits per heavy atom. The lowest BCUT2D eigenvalue weighted by molar-refractivity contribution is -0.151. The van der Waals surface area contributed by atoms with Gasteiger partial charge in [-0.3, -0.25) is 14.4 Å². The molecule has 5 rings (SSSR count). The lowest BCUT2D eigenvalue weighted by Gasteiger charge is -2.41. The van der Waals surface area contributed by atoms with Gasteiger partial charge in [0.15, 0.2) is 0 Å². The molecule has 0 unspecified atom stereocenters. The molecule has 1 fully saturated rings. The standard InChI is InChI=1S/C23H30N2O4S/c1-23(2,3)13-8-9-14-15(10-13)30-21(18(14)19(24)26)25-20(27)16-11-4-6-12(7-5-11)17(16)22(28)29/h4,6,11-13,16-17H,5,7-10H2,1-3H3,(H2,24,26)(H,25,27)(H,28,29)/t11-,12-,13-,16-,17-/m0/s1. The minimum Gasteiger partial charge on any atom is -0.481 e. The summed E-state index contributed by atoms with van der Waals surface area (Å²) < 4.78 is 0. The van der Waals surface area contributed by atoms with Crippen molar-refractivity contribution in [3.8, 4) is 0 Å². The van der Waals surface area contributed by atoms with Crippen molar-refractivity contribution in [3.05, 3.63) is 28.2 Å². The Kier molecular flexibility index (Phi) is 5.29. The van der Waals surface area contributed by atoms with Crippen LogP contribution in [0.2, 0.25) is 0 Å². The molecule has 4 aliphatic carbocycles. The van der Waals surface area contributed by atoms with Gasteiger partial charge in [-0.2, -0.15) is 0 Å². The smallest absolute Gasteiger partial charge is 0.307 e. The van der Waals surface area contributed by atoms with Crippen molar-refractivity contribution in [2.75, 3.05) is 5.32 Å². The van der Waals surface area contributed by atoms with Gasteiger partial charge in [-0.25, -0.2) is 0 Å².